The van der Waals surface area contributed by atoms with Gasteiger partial charge in [0.15, 0.2) is 11.5 Å². The fourth-order valence-electron chi connectivity index (χ4n) is 3.43. The number of halogens is 2. The van der Waals surface area contributed by atoms with Crippen LogP contribution < -0.4 is 14.2 Å². The summed E-state index contributed by atoms with van der Waals surface area (Å²) in [6.07, 6.45) is 1.68. The quantitative estimate of drug-likeness (QED) is 0.234. The first kappa shape index (κ1) is 26.1. The van der Waals surface area contributed by atoms with Gasteiger partial charge < -0.3 is 14.2 Å². The first-order valence-corrected chi connectivity index (χ1v) is 13.2. The standard InChI is InChI=1S/C27H23BrClNO5S/c1-2-33-23-15-19(14-22(28)25(23)35-17-18-6-4-3-5-7-18)16-24-26(31)30(27(32)36-24)12-13-34-21-10-8-20(29)9-11-21/h3-11,14-16H,2,12-13,17H2,1H3/b24-16-. The molecule has 0 aliphatic carbocycles. The van der Waals surface area contributed by atoms with E-state index in [0.717, 1.165) is 17.3 Å². The topological polar surface area (TPSA) is 65.1 Å². The highest BCUT2D eigenvalue weighted by Crippen LogP contribution is 2.39. The van der Waals surface area contributed by atoms with E-state index in [1.807, 2.05) is 43.3 Å². The number of ether oxygens (including phenoxy) is 3. The maximum Gasteiger partial charge on any atom is 0.293 e. The van der Waals surface area contributed by atoms with Gasteiger partial charge in [-0.2, -0.15) is 0 Å². The molecule has 3 aromatic carbocycles. The van der Waals surface area contributed by atoms with E-state index < -0.39 is 0 Å². The minimum atomic E-state index is -0.358. The number of amides is 2. The average molecular weight is 589 g/mol. The highest BCUT2D eigenvalue weighted by atomic mass is 79.9. The van der Waals surface area contributed by atoms with E-state index in [1.165, 1.54) is 4.90 Å². The molecule has 0 aromatic heterocycles. The molecule has 3 aromatic rings. The molecule has 36 heavy (non-hydrogen) atoms. The van der Waals surface area contributed by atoms with E-state index in [0.29, 0.717) is 50.4 Å². The lowest BCUT2D eigenvalue weighted by Gasteiger charge is -2.15. The number of hydrogen-bond donors (Lipinski definition) is 0. The molecule has 0 atom stereocenters. The van der Waals surface area contributed by atoms with Gasteiger partial charge in [-0.15, -0.1) is 0 Å². The number of hydrogen-bond acceptors (Lipinski definition) is 6. The number of nitrogens with zero attached hydrogens (tertiary/aromatic N) is 1. The van der Waals surface area contributed by atoms with Crippen LogP contribution in [0.15, 0.2) is 76.1 Å². The lowest BCUT2D eigenvalue weighted by Crippen LogP contribution is -2.32. The largest absolute Gasteiger partial charge is 0.492 e. The minimum absolute atomic E-state index is 0.144. The zero-order valence-electron chi connectivity index (χ0n) is 19.4. The molecule has 0 saturated carbocycles. The Kier molecular flexibility index (Phi) is 8.96. The van der Waals surface area contributed by atoms with E-state index in [2.05, 4.69) is 15.9 Å². The Hall–Kier alpha value is -2.94. The fraction of sp³-hybridized carbons (Fsp3) is 0.185. The van der Waals surface area contributed by atoms with Crippen LogP contribution in [0.3, 0.4) is 0 Å². The molecular formula is C27H23BrClNO5S. The maximum atomic E-state index is 12.9. The van der Waals surface area contributed by atoms with Crippen molar-refractivity contribution < 1.29 is 23.8 Å². The molecule has 1 heterocycles. The van der Waals surface area contributed by atoms with Gasteiger partial charge in [0.25, 0.3) is 11.1 Å². The summed E-state index contributed by atoms with van der Waals surface area (Å²) >= 11 is 10.3. The van der Waals surface area contributed by atoms with Crippen LogP contribution >= 0.6 is 39.3 Å². The third-order valence-electron chi connectivity index (χ3n) is 5.13. The molecule has 1 saturated heterocycles. The number of imide groups is 1. The molecule has 2 amide bonds. The van der Waals surface area contributed by atoms with Gasteiger partial charge in [0.2, 0.25) is 0 Å². The molecule has 0 N–H and O–H groups in total. The van der Waals surface area contributed by atoms with Crippen molar-refractivity contribution in [1.29, 1.82) is 0 Å². The molecule has 1 aliphatic rings. The van der Waals surface area contributed by atoms with Crippen molar-refractivity contribution in [3.8, 4) is 17.2 Å². The third kappa shape index (κ3) is 6.63. The van der Waals surface area contributed by atoms with Gasteiger partial charge in [0.1, 0.15) is 19.0 Å². The number of benzene rings is 3. The second-order valence-electron chi connectivity index (χ2n) is 7.67. The van der Waals surface area contributed by atoms with E-state index in [4.69, 9.17) is 25.8 Å². The van der Waals surface area contributed by atoms with E-state index >= 15 is 0 Å². The van der Waals surface area contributed by atoms with E-state index in [9.17, 15) is 9.59 Å². The van der Waals surface area contributed by atoms with Crippen LogP contribution in [0.2, 0.25) is 5.02 Å². The van der Waals surface area contributed by atoms with Gasteiger partial charge in [-0.05, 0) is 88.2 Å². The Bertz CT molecular complexity index is 1270. The molecule has 9 heteroatoms. The highest BCUT2D eigenvalue weighted by molar-refractivity contribution is 9.10. The fourth-order valence-corrected chi connectivity index (χ4v) is 5.00. The molecule has 0 radical (unpaired) electrons. The maximum absolute atomic E-state index is 12.9. The summed E-state index contributed by atoms with van der Waals surface area (Å²) in [5.74, 6) is 1.38. The van der Waals surface area contributed by atoms with E-state index in [1.54, 1.807) is 36.4 Å². The van der Waals surface area contributed by atoms with Crippen molar-refractivity contribution in [3.05, 3.63) is 92.3 Å². The number of rotatable bonds is 10. The van der Waals surface area contributed by atoms with E-state index in [-0.39, 0.29) is 24.3 Å². The Labute approximate surface area is 227 Å². The average Bonchev–Trinajstić information content (AvgIpc) is 3.13. The van der Waals surface area contributed by atoms with Crippen LogP contribution in [0.5, 0.6) is 17.2 Å². The molecule has 0 bridgehead atoms. The molecule has 186 valence electrons. The van der Waals surface area contributed by atoms with Crippen LogP contribution in [0, 0.1) is 0 Å². The van der Waals surface area contributed by atoms with Crippen LogP contribution in [0.25, 0.3) is 6.08 Å². The molecule has 1 aliphatic heterocycles. The third-order valence-corrected chi connectivity index (χ3v) is 6.87. The second kappa shape index (κ2) is 12.3. The van der Waals surface area contributed by atoms with Crippen LogP contribution in [-0.4, -0.2) is 35.8 Å². The van der Waals surface area contributed by atoms with Crippen molar-refractivity contribution in [3.63, 3.8) is 0 Å². The summed E-state index contributed by atoms with van der Waals surface area (Å²) < 4.78 is 18.1. The molecular weight excluding hydrogens is 566 g/mol. The van der Waals surface area contributed by atoms with Gasteiger partial charge in [-0.3, -0.25) is 14.5 Å². The first-order valence-electron chi connectivity index (χ1n) is 11.2. The second-order valence-corrected chi connectivity index (χ2v) is 9.96. The Morgan fingerprint density at radius 3 is 2.47 bits per heavy atom. The zero-order valence-corrected chi connectivity index (χ0v) is 22.6. The molecule has 0 spiro atoms. The number of carbonyl (C=O) groups excluding carboxylic acids is 2. The summed E-state index contributed by atoms with van der Waals surface area (Å²) in [4.78, 5) is 26.9. The normalized spacial score (nSPS) is 14.4. The van der Waals surface area contributed by atoms with Crippen LogP contribution in [-0.2, 0) is 11.4 Å². The minimum Gasteiger partial charge on any atom is -0.492 e. The predicted octanol–water partition coefficient (Wildman–Crippen LogP) is 7.20. The number of thioether (sulfide) groups is 1. The smallest absolute Gasteiger partial charge is 0.293 e. The lowest BCUT2D eigenvalue weighted by molar-refractivity contribution is -0.123. The van der Waals surface area contributed by atoms with Gasteiger partial charge in [0.05, 0.1) is 22.5 Å². The van der Waals surface area contributed by atoms with Gasteiger partial charge >= 0.3 is 0 Å². The van der Waals surface area contributed by atoms with Crippen molar-refractivity contribution in [1.82, 2.24) is 4.90 Å². The summed E-state index contributed by atoms with van der Waals surface area (Å²) in [7, 11) is 0. The number of carbonyl (C=O) groups is 2. The molecule has 1 fully saturated rings. The Morgan fingerprint density at radius 2 is 1.75 bits per heavy atom. The Morgan fingerprint density at radius 1 is 1.00 bits per heavy atom. The van der Waals surface area contributed by atoms with Crippen LogP contribution in [0.4, 0.5) is 4.79 Å². The SMILES string of the molecule is CCOc1cc(/C=C2\SC(=O)N(CCOc3ccc(Cl)cc3)C2=O)cc(Br)c1OCc1ccccc1. The monoisotopic (exact) mass is 587 g/mol. The van der Waals surface area contributed by atoms with Gasteiger partial charge in [-0.25, -0.2) is 0 Å². The zero-order chi connectivity index (χ0) is 25.5. The summed E-state index contributed by atoms with van der Waals surface area (Å²) in [6.45, 7) is 3.04. The van der Waals surface area contributed by atoms with Crippen molar-refractivity contribution in [2.24, 2.45) is 0 Å². The van der Waals surface area contributed by atoms with Crippen molar-refractivity contribution >= 4 is 56.5 Å². The summed E-state index contributed by atoms with van der Waals surface area (Å²) in [6, 6.07) is 20.4. The summed E-state index contributed by atoms with van der Waals surface area (Å²) in [5, 5.41) is 0.270. The Balaban J connectivity index is 1.45. The summed E-state index contributed by atoms with van der Waals surface area (Å²) in [5.41, 5.74) is 1.74. The molecule has 4 rings (SSSR count). The predicted molar refractivity (Wildman–Crippen MR) is 146 cm³/mol. The lowest BCUT2D eigenvalue weighted by atomic mass is 10.1. The first-order chi connectivity index (χ1) is 17.4. The highest BCUT2D eigenvalue weighted by Gasteiger charge is 2.35. The van der Waals surface area contributed by atoms with Crippen molar-refractivity contribution in [2.75, 3.05) is 19.8 Å². The molecule has 6 nitrogen and oxygen atoms in total. The molecule has 0 unspecified atom stereocenters. The van der Waals surface area contributed by atoms with Crippen molar-refractivity contribution in [2.45, 2.75) is 13.5 Å². The van der Waals surface area contributed by atoms with Gasteiger partial charge in [-0.1, -0.05) is 41.9 Å². The van der Waals surface area contributed by atoms with Gasteiger partial charge in [0, 0.05) is 5.02 Å². The van der Waals surface area contributed by atoms with Crippen LogP contribution in [0.1, 0.15) is 18.1 Å².